The average molecular weight is 488 g/mol. The summed E-state index contributed by atoms with van der Waals surface area (Å²) in [5, 5.41) is 15.0. The molecule has 3 heterocycles. The molecule has 0 saturated heterocycles. The van der Waals surface area contributed by atoms with Gasteiger partial charge in [-0.3, -0.25) is 9.36 Å². The zero-order valence-corrected chi connectivity index (χ0v) is 20.2. The van der Waals surface area contributed by atoms with Crippen molar-refractivity contribution in [1.82, 2.24) is 19.7 Å². The Morgan fingerprint density at radius 2 is 1.88 bits per heavy atom. The van der Waals surface area contributed by atoms with E-state index in [4.69, 9.17) is 4.42 Å². The quantitative estimate of drug-likeness (QED) is 0.277. The van der Waals surface area contributed by atoms with Gasteiger partial charge in [0.2, 0.25) is 5.82 Å². The van der Waals surface area contributed by atoms with E-state index in [-0.39, 0.29) is 5.91 Å². The summed E-state index contributed by atoms with van der Waals surface area (Å²) >= 11 is 2.97. The number of aromatic nitrogens is 4. The highest BCUT2D eigenvalue weighted by molar-refractivity contribution is 7.98. The molecule has 0 fully saturated rings. The second-order valence-corrected chi connectivity index (χ2v) is 9.53. The van der Waals surface area contributed by atoms with Crippen LogP contribution in [0.4, 0.5) is 5.69 Å². The van der Waals surface area contributed by atoms with Gasteiger partial charge in [0.05, 0.1) is 17.7 Å². The van der Waals surface area contributed by atoms with Crippen molar-refractivity contribution >= 4 is 34.7 Å². The number of rotatable bonds is 7. The molecule has 170 valence electrons. The number of carbonyl (C=O) groups is 1. The summed E-state index contributed by atoms with van der Waals surface area (Å²) in [6.07, 6.45) is 1.62. The van der Waals surface area contributed by atoms with E-state index in [1.165, 1.54) is 23.1 Å². The van der Waals surface area contributed by atoms with E-state index in [9.17, 15) is 4.79 Å². The fraction of sp³-hybridized carbons (Fsp3) is 0.120. The largest absolute Gasteiger partial charge is 0.461 e. The van der Waals surface area contributed by atoms with Gasteiger partial charge in [0.15, 0.2) is 10.9 Å². The first-order valence-electron chi connectivity index (χ1n) is 10.6. The summed E-state index contributed by atoms with van der Waals surface area (Å²) in [5.41, 5.74) is 4.37. The van der Waals surface area contributed by atoms with Crippen molar-refractivity contribution in [3.8, 4) is 17.3 Å². The van der Waals surface area contributed by atoms with Crippen LogP contribution in [0.3, 0.4) is 0 Å². The van der Waals surface area contributed by atoms with Crippen molar-refractivity contribution in [3.63, 3.8) is 0 Å². The number of hydrogen-bond donors (Lipinski definition) is 1. The number of amides is 1. The summed E-state index contributed by atoms with van der Waals surface area (Å²) < 4.78 is 7.59. The van der Waals surface area contributed by atoms with Crippen molar-refractivity contribution in [2.45, 2.75) is 24.8 Å². The zero-order valence-electron chi connectivity index (χ0n) is 18.6. The molecule has 0 spiro atoms. The Labute approximate surface area is 204 Å². The standard InChI is InChI=1S/C25H21N5O2S2/c1-16-9-11-18(12-10-16)26-24(31)19-14-33-22(27-19)15-34-25-29-28-23(21-8-5-13-32-21)30(25)20-7-4-3-6-17(20)2/h3-14H,15H2,1-2H3,(H,26,31). The topological polar surface area (TPSA) is 85.8 Å². The SMILES string of the molecule is Cc1ccc(NC(=O)c2csc(CSc3nnc(-c4ccco4)n3-c3ccccc3C)n2)cc1. The van der Waals surface area contributed by atoms with Crippen LogP contribution in [-0.4, -0.2) is 25.7 Å². The Hall–Kier alpha value is -3.69. The van der Waals surface area contributed by atoms with Crippen LogP contribution in [0.5, 0.6) is 0 Å². The van der Waals surface area contributed by atoms with Crippen molar-refractivity contribution in [1.29, 1.82) is 0 Å². The molecule has 5 rings (SSSR count). The lowest BCUT2D eigenvalue weighted by atomic mass is 10.2. The van der Waals surface area contributed by atoms with Crippen LogP contribution in [0.2, 0.25) is 0 Å². The van der Waals surface area contributed by atoms with Crippen LogP contribution in [0.15, 0.2) is 81.9 Å². The lowest BCUT2D eigenvalue weighted by molar-refractivity contribution is 0.102. The maximum absolute atomic E-state index is 12.6. The molecule has 0 aliphatic rings. The highest BCUT2D eigenvalue weighted by Gasteiger charge is 2.20. The molecule has 3 aromatic heterocycles. The van der Waals surface area contributed by atoms with Gasteiger partial charge in [-0.05, 0) is 49.7 Å². The number of anilines is 1. The number of aryl methyl sites for hydroxylation is 2. The van der Waals surface area contributed by atoms with Gasteiger partial charge in [-0.2, -0.15) is 0 Å². The molecule has 5 aromatic rings. The van der Waals surface area contributed by atoms with Crippen LogP contribution in [0, 0.1) is 13.8 Å². The zero-order chi connectivity index (χ0) is 23.5. The number of nitrogens with zero attached hydrogens (tertiary/aromatic N) is 4. The highest BCUT2D eigenvalue weighted by Crippen LogP contribution is 2.31. The minimum absolute atomic E-state index is 0.223. The minimum atomic E-state index is -0.223. The van der Waals surface area contributed by atoms with Crippen molar-refractivity contribution in [2.75, 3.05) is 5.32 Å². The molecule has 34 heavy (non-hydrogen) atoms. The number of benzene rings is 2. The van der Waals surface area contributed by atoms with Crippen molar-refractivity contribution in [2.24, 2.45) is 0 Å². The molecule has 9 heteroatoms. The maximum atomic E-state index is 12.6. The summed E-state index contributed by atoms with van der Waals surface area (Å²) in [5.74, 6) is 1.62. The molecule has 0 unspecified atom stereocenters. The first-order chi connectivity index (χ1) is 16.6. The molecule has 1 N–H and O–H groups in total. The first-order valence-corrected chi connectivity index (χ1v) is 12.5. The maximum Gasteiger partial charge on any atom is 0.275 e. The monoisotopic (exact) mass is 487 g/mol. The highest BCUT2D eigenvalue weighted by atomic mass is 32.2. The molecule has 7 nitrogen and oxygen atoms in total. The third-order valence-corrected chi connectivity index (χ3v) is 7.12. The Kier molecular flexibility index (Phi) is 6.29. The van der Waals surface area contributed by atoms with Crippen LogP contribution in [-0.2, 0) is 5.75 Å². The molecule has 0 saturated carbocycles. The molecule has 0 atom stereocenters. The van der Waals surface area contributed by atoms with Crippen LogP contribution in [0.1, 0.15) is 26.6 Å². The molecular weight excluding hydrogens is 466 g/mol. The van der Waals surface area contributed by atoms with E-state index >= 15 is 0 Å². The average Bonchev–Trinajstić information content (AvgIpc) is 3.60. The molecule has 0 aliphatic heterocycles. The Morgan fingerprint density at radius 1 is 1.06 bits per heavy atom. The predicted octanol–water partition coefficient (Wildman–Crippen LogP) is 6.15. The molecule has 2 aromatic carbocycles. The second-order valence-electron chi connectivity index (χ2n) is 7.64. The normalized spacial score (nSPS) is 11.0. The van der Waals surface area contributed by atoms with Gasteiger partial charge in [0.25, 0.3) is 5.91 Å². The molecule has 0 radical (unpaired) electrons. The summed E-state index contributed by atoms with van der Waals surface area (Å²) in [6, 6.07) is 19.5. The number of nitrogens with one attached hydrogen (secondary N) is 1. The summed E-state index contributed by atoms with van der Waals surface area (Å²) in [6.45, 7) is 4.06. The number of furan rings is 1. The molecular formula is C25H21N5O2S2. The lowest BCUT2D eigenvalue weighted by Gasteiger charge is -2.11. The number of hydrogen-bond acceptors (Lipinski definition) is 7. The van der Waals surface area contributed by atoms with Gasteiger partial charge in [-0.1, -0.05) is 47.7 Å². The van der Waals surface area contributed by atoms with Gasteiger partial charge in [-0.25, -0.2) is 4.98 Å². The second kappa shape index (κ2) is 9.66. The van der Waals surface area contributed by atoms with E-state index in [2.05, 4.69) is 33.5 Å². The first kappa shape index (κ1) is 22.1. The number of carbonyl (C=O) groups excluding carboxylic acids is 1. The fourth-order valence-corrected chi connectivity index (χ4v) is 5.14. The van der Waals surface area contributed by atoms with Gasteiger partial charge < -0.3 is 9.73 Å². The Morgan fingerprint density at radius 3 is 2.65 bits per heavy atom. The third kappa shape index (κ3) is 4.66. The Balaban J connectivity index is 1.35. The number of thiazole rings is 1. The van der Waals surface area contributed by atoms with Crippen LogP contribution < -0.4 is 5.32 Å². The number of para-hydroxylation sites is 1. The minimum Gasteiger partial charge on any atom is -0.461 e. The summed E-state index contributed by atoms with van der Waals surface area (Å²) in [4.78, 5) is 17.1. The molecule has 0 bridgehead atoms. The van der Waals surface area contributed by atoms with Gasteiger partial charge in [-0.15, -0.1) is 21.5 Å². The van der Waals surface area contributed by atoms with E-state index in [0.29, 0.717) is 23.0 Å². The van der Waals surface area contributed by atoms with Gasteiger partial charge in [0, 0.05) is 11.1 Å². The summed E-state index contributed by atoms with van der Waals surface area (Å²) in [7, 11) is 0. The van der Waals surface area contributed by atoms with Crippen LogP contribution in [0.25, 0.3) is 17.3 Å². The van der Waals surface area contributed by atoms with Crippen molar-refractivity contribution < 1.29 is 9.21 Å². The third-order valence-electron chi connectivity index (χ3n) is 5.15. The lowest BCUT2D eigenvalue weighted by Crippen LogP contribution is -2.12. The smallest absolute Gasteiger partial charge is 0.275 e. The van der Waals surface area contributed by atoms with Crippen LogP contribution >= 0.6 is 23.1 Å². The van der Waals surface area contributed by atoms with E-state index in [0.717, 1.165) is 32.7 Å². The van der Waals surface area contributed by atoms with Gasteiger partial charge >= 0.3 is 0 Å². The van der Waals surface area contributed by atoms with E-state index in [1.807, 2.05) is 66.1 Å². The molecule has 1 amide bonds. The van der Waals surface area contributed by atoms with E-state index < -0.39 is 0 Å². The van der Waals surface area contributed by atoms with Crippen molar-refractivity contribution in [3.05, 3.63) is 94.1 Å². The van der Waals surface area contributed by atoms with Gasteiger partial charge in [0.1, 0.15) is 10.7 Å². The Bertz CT molecular complexity index is 1420. The number of thioether (sulfide) groups is 1. The predicted molar refractivity (Wildman–Crippen MR) is 135 cm³/mol. The van der Waals surface area contributed by atoms with E-state index in [1.54, 1.807) is 11.6 Å². The fourth-order valence-electron chi connectivity index (χ4n) is 3.40. The molecule has 0 aliphatic carbocycles.